The van der Waals surface area contributed by atoms with Gasteiger partial charge in [0, 0.05) is 17.2 Å². The van der Waals surface area contributed by atoms with Gasteiger partial charge < -0.3 is 14.3 Å². The summed E-state index contributed by atoms with van der Waals surface area (Å²) in [5.74, 6) is -0.648. The van der Waals surface area contributed by atoms with Crippen LogP contribution in [0.1, 0.15) is 74.0 Å². The summed E-state index contributed by atoms with van der Waals surface area (Å²) in [4.78, 5) is 6.33. The maximum Gasteiger partial charge on any atom is 0.350 e. The summed E-state index contributed by atoms with van der Waals surface area (Å²) in [6.07, 6.45) is 2.47. The first-order chi connectivity index (χ1) is 12.8. The third-order valence-electron chi connectivity index (χ3n) is 4.11. The molecule has 0 bridgehead atoms. The molecule has 1 heterocycles. The molecule has 0 saturated carbocycles. The van der Waals surface area contributed by atoms with Crippen LogP contribution < -0.4 is 4.73 Å². The van der Waals surface area contributed by atoms with Crippen LogP contribution in [0.2, 0.25) is 0 Å². The van der Waals surface area contributed by atoms with Crippen molar-refractivity contribution in [1.82, 2.24) is 5.06 Å². The molecule has 1 aromatic rings. The summed E-state index contributed by atoms with van der Waals surface area (Å²) in [7, 11) is -3.53. The fourth-order valence-electron chi connectivity index (χ4n) is 3.02. The largest absolute Gasteiger partial charge is 0.619 e. The molecule has 0 spiro atoms. The third-order valence-corrected chi connectivity index (χ3v) is 6.93. The van der Waals surface area contributed by atoms with Crippen LogP contribution in [0.5, 0.6) is 0 Å². The quantitative estimate of drug-likeness (QED) is 0.243. The van der Waals surface area contributed by atoms with Crippen LogP contribution in [0.15, 0.2) is 24.5 Å². The lowest BCUT2D eigenvalue weighted by Crippen LogP contribution is -2.53. The molecule has 28 heavy (non-hydrogen) atoms. The average Bonchev–Trinajstić information content (AvgIpc) is 2.52. The Morgan fingerprint density at radius 3 is 2.07 bits per heavy atom. The number of rotatable bonds is 9. The van der Waals surface area contributed by atoms with E-state index in [2.05, 4.69) is 0 Å². The lowest BCUT2D eigenvalue weighted by atomic mass is 9.94. The number of pyridine rings is 1. The zero-order chi connectivity index (χ0) is 21.8. The standard InChI is InChI=1S/C20H37N2O5P/c1-10-25-28(24,26-11-2)18(19(4,5)6)22(20(7,8)9)27-16(3)17-13-12-14-21(23)15-17/h12-16,18H,10-11H2,1-9H3. The Morgan fingerprint density at radius 1 is 1.14 bits per heavy atom. The first kappa shape index (κ1) is 25.1. The summed E-state index contributed by atoms with van der Waals surface area (Å²) >= 11 is 0. The van der Waals surface area contributed by atoms with E-state index in [9.17, 15) is 9.77 Å². The zero-order valence-corrected chi connectivity index (χ0v) is 19.7. The van der Waals surface area contributed by atoms with E-state index in [0.717, 1.165) is 10.3 Å². The van der Waals surface area contributed by atoms with E-state index < -0.39 is 30.4 Å². The van der Waals surface area contributed by atoms with Crippen molar-refractivity contribution in [2.75, 3.05) is 13.2 Å². The fourth-order valence-corrected chi connectivity index (χ4v) is 5.70. The van der Waals surface area contributed by atoms with Gasteiger partial charge in [-0.1, -0.05) is 20.8 Å². The van der Waals surface area contributed by atoms with Crippen LogP contribution in [-0.4, -0.2) is 29.6 Å². The second-order valence-electron chi connectivity index (χ2n) is 8.86. The fraction of sp³-hybridized carbons (Fsp3) is 0.750. The molecule has 2 unspecified atom stereocenters. The molecule has 7 nitrogen and oxygen atoms in total. The molecule has 0 aromatic carbocycles. The van der Waals surface area contributed by atoms with Gasteiger partial charge >= 0.3 is 7.60 Å². The minimum atomic E-state index is -3.53. The predicted octanol–water partition coefficient (Wildman–Crippen LogP) is 5.05. The Labute approximate surface area is 170 Å². The number of hydrogen-bond acceptors (Lipinski definition) is 6. The van der Waals surface area contributed by atoms with E-state index in [0.29, 0.717) is 0 Å². The monoisotopic (exact) mass is 416 g/mol. The maximum atomic E-state index is 13.8. The van der Waals surface area contributed by atoms with Gasteiger partial charge in [0.05, 0.1) is 13.2 Å². The van der Waals surface area contributed by atoms with Gasteiger partial charge in [-0.2, -0.15) is 9.79 Å². The summed E-state index contributed by atoms with van der Waals surface area (Å²) in [6.45, 7) is 17.9. The van der Waals surface area contributed by atoms with Gasteiger partial charge in [-0.15, -0.1) is 0 Å². The van der Waals surface area contributed by atoms with Gasteiger partial charge in [-0.25, -0.2) is 0 Å². The van der Waals surface area contributed by atoms with Crippen molar-refractivity contribution in [3.05, 3.63) is 35.3 Å². The highest BCUT2D eigenvalue weighted by Crippen LogP contribution is 2.61. The second-order valence-corrected chi connectivity index (χ2v) is 10.9. The van der Waals surface area contributed by atoms with Crippen molar-refractivity contribution in [2.24, 2.45) is 5.41 Å². The van der Waals surface area contributed by atoms with Crippen LogP contribution in [0.3, 0.4) is 0 Å². The Balaban J connectivity index is 3.41. The number of hydrogen-bond donors (Lipinski definition) is 0. The minimum absolute atomic E-state index is 0.270. The molecule has 0 aliphatic rings. The number of nitrogens with zero attached hydrogens (tertiary/aromatic N) is 2. The second kappa shape index (κ2) is 9.68. The van der Waals surface area contributed by atoms with Crippen molar-refractivity contribution < 1.29 is 23.2 Å². The highest BCUT2D eigenvalue weighted by atomic mass is 31.2. The van der Waals surface area contributed by atoms with Crippen molar-refractivity contribution >= 4 is 7.60 Å². The van der Waals surface area contributed by atoms with E-state index in [4.69, 9.17) is 13.9 Å². The van der Waals surface area contributed by atoms with Crippen molar-refractivity contribution in [1.29, 1.82) is 0 Å². The van der Waals surface area contributed by atoms with E-state index in [-0.39, 0.29) is 13.2 Å². The molecule has 162 valence electrons. The molecule has 1 aromatic heterocycles. The Bertz CT molecular complexity index is 659. The van der Waals surface area contributed by atoms with Crippen LogP contribution in [0.25, 0.3) is 0 Å². The molecule has 1 rings (SSSR count). The summed E-state index contributed by atoms with van der Waals surface area (Å²) in [5, 5.41) is 13.4. The molecule has 0 N–H and O–H groups in total. The smallest absolute Gasteiger partial charge is 0.350 e. The molecule has 8 heteroatoms. The van der Waals surface area contributed by atoms with Crippen molar-refractivity contribution in [2.45, 2.75) is 79.7 Å². The third kappa shape index (κ3) is 6.53. The summed E-state index contributed by atoms with van der Waals surface area (Å²) in [5.41, 5.74) is -0.248. The van der Waals surface area contributed by atoms with Crippen LogP contribution in [-0.2, 0) is 18.5 Å². The first-order valence-electron chi connectivity index (χ1n) is 9.80. The van der Waals surface area contributed by atoms with E-state index >= 15 is 0 Å². The summed E-state index contributed by atoms with van der Waals surface area (Å²) < 4.78 is 25.9. The summed E-state index contributed by atoms with van der Waals surface area (Å²) in [6, 6.07) is 3.51. The lowest BCUT2D eigenvalue weighted by Gasteiger charge is -2.48. The SMILES string of the molecule is CCOP(=O)(OCC)C(N(OC(C)c1ccc[n+]([O-])c1)C(C)(C)C)C(C)(C)C. The Morgan fingerprint density at radius 2 is 1.68 bits per heavy atom. The zero-order valence-electron chi connectivity index (χ0n) is 18.8. The molecular weight excluding hydrogens is 379 g/mol. The molecule has 0 aliphatic carbocycles. The first-order valence-corrected chi connectivity index (χ1v) is 11.4. The van der Waals surface area contributed by atoms with Gasteiger partial charge in [-0.05, 0) is 53.0 Å². The van der Waals surface area contributed by atoms with Gasteiger partial charge in [-0.3, -0.25) is 9.40 Å². The molecule has 0 amide bonds. The molecule has 0 aliphatic heterocycles. The number of hydroxylamine groups is 2. The molecule has 0 radical (unpaired) electrons. The van der Waals surface area contributed by atoms with Gasteiger partial charge in [0.2, 0.25) is 0 Å². The Hall–Kier alpha value is -0.980. The minimum Gasteiger partial charge on any atom is -0.619 e. The van der Waals surface area contributed by atoms with E-state index in [1.54, 1.807) is 25.0 Å². The molecular formula is C20H37N2O5P. The van der Waals surface area contributed by atoms with Crippen LogP contribution in [0.4, 0.5) is 0 Å². The average molecular weight is 416 g/mol. The molecule has 2 atom stereocenters. The lowest BCUT2D eigenvalue weighted by molar-refractivity contribution is -0.606. The maximum absolute atomic E-state index is 13.8. The highest BCUT2D eigenvalue weighted by molar-refractivity contribution is 7.54. The van der Waals surface area contributed by atoms with Crippen LogP contribution >= 0.6 is 7.60 Å². The highest BCUT2D eigenvalue weighted by Gasteiger charge is 2.51. The van der Waals surface area contributed by atoms with E-state index in [1.807, 2.05) is 54.5 Å². The topological polar surface area (TPSA) is 74.9 Å². The van der Waals surface area contributed by atoms with Crippen LogP contribution in [0, 0.1) is 10.6 Å². The van der Waals surface area contributed by atoms with Crippen molar-refractivity contribution in [3.63, 3.8) is 0 Å². The van der Waals surface area contributed by atoms with Crippen molar-refractivity contribution in [3.8, 4) is 0 Å². The normalized spacial score (nSPS) is 15.6. The van der Waals surface area contributed by atoms with E-state index in [1.165, 1.54) is 12.4 Å². The van der Waals surface area contributed by atoms with Gasteiger partial charge in [0.1, 0.15) is 11.9 Å². The van der Waals surface area contributed by atoms with Gasteiger partial charge in [0.25, 0.3) is 0 Å². The predicted molar refractivity (Wildman–Crippen MR) is 111 cm³/mol. The number of aromatic nitrogens is 1. The molecule has 0 saturated heterocycles. The Kier molecular flexibility index (Phi) is 8.66. The molecule has 0 fully saturated rings. The van der Waals surface area contributed by atoms with Gasteiger partial charge in [0.15, 0.2) is 12.4 Å².